The van der Waals surface area contributed by atoms with Gasteiger partial charge in [0.15, 0.2) is 0 Å². The molecule has 1 heterocycles. The molecule has 0 radical (unpaired) electrons. The third-order valence-electron chi connectivity index (χ3n) is 3.08. The first-order valence-electron chi connectivity index (χ1n) is 6.14. The smallest absolute Gasteiger partial charge is 0.120 e. The molecule has 3 nitrogen and oxygen atoms in total. The van der Waals surface area contributed by atoms with Crippen LogP contribution in [0.5, 0.6) is 5.75 Å². The second kappa shape index (κ2) is 4.70. The third-order valence-corrected chi connectivity index (χ3v) is 3.08. The minimum Gasteiger partial charge on any atom is -0.494 e. The van der Waals surface area contributed by atoms with Gasteiger partial charge in [0.05, 0.1) is 6.61 Å². The normalized spacial score (nSPS) is 10.8. The Morgan fingerprint density at radius 3 is 2.71 bits per heavy atom. The molecular weight excluding hydrogens is 212 g/mol. The highest BCUT2D eigenvalue weighted by atomic mass is 16.5. The fourth-order valence-corrected chi connectivity index (χ4v) is 2.28. The van der Waals surface area contributed by atoms with Gasteiger partial charge in [0.1, 0.15) is 11.6 Å². The number of fused-ring (bicyclic) bond motifs is 1. The van der Waals surface area contributed by atoms with E-state index < -0.39 is 0 Å². The SMILES string of the molecule is CCNc1c(C)c2cc(OCC)ccc2n1C. The van der Waals surface area contributed by atoms with Crippen LogP contribution in [0.3, 0.4) is 0 Å². The van der Waals surface area contributed by atoms with Gasteiger partial charge in [0, 0.05) is 24.5 Å². The number of hydrogen-bond acceptors (Lipinski definition) is 2. The summed E-state index contributed by atoms with van der Waals surface area (Å²) in [4.78, 5) is 0. The summed E-state index contributed by atoms with van der Waals surface area (Å²) >= 11 is 0. The topological polar surface area (TPSA) is 26.2 Å². The zero-order chi connectivity index (χ0) is 12.4. The summed E-state index contributed by atoms with van der Waals surface area (Å²) in [5.74, 6) is 2.13. The molecule has 0 saturated carbocycles. The summed E-state index contributed by atoms with van der Waals surface area (Å²) in [6, 6.07) is 6.27. The molecule has 0 aliphatic carbocycles. The Hall–Kier alpha value is -1.64. The molecule has 0 fully saturated rings. The van der Waals surface area contributed by atoms with Crippen molar-refractivity contribution in [2.75, 3.05) is 18.5 Å². The highest BCUT2D eigenvalue weighted by Crippen LogP contribution is 2.31. The number of anilines is 1. The zero-order valence-corrected chi connectivity index (χ0v) is 11.0. The number of nitrogens with one attached hydrogen (secondary N) is 1. The van der Waals surface area contributed by atoms with Crippen molar-refractivity contribution in [1.29, 1.82) is 0 Å². The van der Waals surface area contributed by atoms with Crippen LogP contribution < -0.4 is 10.1 Å². The quantitative estimate of drug-likeness (QED) is 0.875. The van der Waals surface area contributed by atoms with Gasteiger partial charge in [-0.1, -0.05) is 0 Å². The van der Waals surface area contributed by atoms with E-state index in [-0.39, 0.29) is 0 Å². The van der Waals surface area contributed by atoms with Crippen LogP contribution in [0.2, 0.25) is 0 Å². The zero-order valence-electron chi connectivity index (χ0n) is 11.0. The Morgan fingerprint density at radius 1 is 1.29 bits per heavy atom. The average molecular weight is 232 g/mol. The van der Waals surface area contributed by atoms with E-state index in [9.17, 15) is 0 Å². The van der Waals surface area contributed by atoms with E-state index in [1.165, 1.54) is 22.3 Å². The van der Waals surface area contributed by atoms with Gasteiger partial charge >= 0.3 is 0 Å². The van der Waals surface area contributed by atoms with Gasteiger partial charge in [-0.25, -0.2) is 0 Å². The number of aromatic nitrogens is 1. The predicted octanol–water partition coefficient (Wildman–Crippen LogP) is 3.32. The number of rotatable bonds is 4. The highest BCUT2D eigenvalue weighted by Gasteiger charge is 2.11. The van der Waals surface area contributed by atoms with Crippen molar-refractivity contribution < 1.29 is 4.74 Å². The molecule has 0 unspecified atom stereocenters. The molecule has 92 valence electrons. The van der Waals surface area contributed by atoms with E-state index in [1.807, 2.05) is 13.0 Å². The minimum atomic E-state index is 0.706. The van der Waals surface area contributed by atoms with Crippen LogP contribution in [0, 0.1) is 6.92 Å². The molecular formula is C14H20N2O. The van der Waals surface area contributed by atoms with Gasteiger partial charge in [-0.2, -0.15) is 0 Å². The third kappa shape index (κ3) is 1.97. The van der Waals surface area contributed by atoms with Crippen LogP contribution >= 0.6 is 0 Å². The summed E-state index contributed by atoms with van der Waals surface area (Å²) in [7, 11) is 2.09. The molecule has 17 heavy (non-hydrogen) atoms. The summed E-state index contributed by atoms with van der Waals surface area (Å²) < 4.78 is 7.75. The lowest BCUT2D eigenvalue weighted by molar-refractivity contribution is 0.340. The molecule has 0 amide bonds. The van der Waals surface area contributed by atoms with Crippen molar-refractivity contribution in [2.24, 2.45) is 7.05 Å². The largest absolute Gasteiger partial charge is 0.494 e. The minimum absolute atomic E-state index is 0.706. The van der Waals surface area contributed by atoms with E-state index in [4.69, 9.17) is 4.74 Å². The molecule has 0 spiro atoms. The van der Waals surface area contributed by atoms with Crippen LogP contribution in [0.1, 0.15) is 19.4 Å². The molecule has 0 aliphatic heterocycles. The molecule has 0 saturated heterocycles. The Labute approximate surface area is 102 Å². The van der Waals surface area contributed by atoms with Gasteiger partial charge in [-0.05, 0) is 44.5 Å². The van der Waals surface area contributed by atoms with Gasteiger partial charge in [-0.3, -0.25) is 0 Å². The molecule has 1 N–H and O–H groups in total. The molecule has 1 aromatic heterocycles. The Balaban J connectivity index is 2.57. The first-order chi connectivity index (χ1) is 8.19. The summed E-state index contributed by atoms with van der Waals surface area (Å²) in [6.07, 6.45) is 0. The Kier molecular flexibility index (Phi) is 3.27. The van der Waals surface area contributed by atoms with Gasteiger partial charge in [0.25, 0.3) is 0 Å². The van der Waals surface area contributed by atoms with E-state index in [2.05, 4.69) is 42.9 Å². The van der Waals surface area contributed by atoms with Crippen LogP contribution in [0.4, 0.5) is 5.82 Å². The van der Waals surface area contributed by atoms with Crippen LogP contribution in [0.25, 0.3) is 10.9 Å². The molecule has 1 aromatic carbocycles. The van der Waals surface area contributed by atoms with Crippen LogP contribution in [-0.4, -0.2) is 17.7 Å². The Morgan fingerprint density at radius 2 is 2.06 bits per heavy atom. The second-order valence-corrected chi connectivity index (χ2v) is 4.17. The number of aryl methyl sites for hydroxylation is 2. The average Bonchev–Trinajstić information content (AvgIpc) is 2.55. The molecule has 3 heteroatoms. The lowest BCUT2D eigenvalue weighted by Gasteiger charge is -2.06. The number of hydrogen-bond donors (Lipinski definition) is 1. The van der Waals surface area contributed by atoms with Crippen LogP contribution in [0.15, 0.2) is 18.2 Å². The fraction of sp³-hybridized carbons (Fsp3) is 0.429. The van der Waals surface area contributed by atoms with Gasteiger partial charge in [0.2, 0.25) is 0 Å². The number of benzene rings is 1. The van der Waals surface area contributed by atoms with Crippen molar-refractivity contribution in [3.8, 4) is 5.75 Å². The van der Waals surface area contributed by atoms with Crippen LogP contribution in [-0.2, 0) is 7.05 Å². The van der Waals surface area contributed by atoms with E-state index >= 15 is 0 Å². The maximum atomic E-state index is 5.55. The highest BCUT2D eigenvalue weighted by molar-refractivity contribution is 5.90. The first kappa shape index (κ1) is 11.8. The van der Waals surface area contributed by atoms with Crippen molar-refractivity contribution >= 4 is 16.7 Å². The molecule has 0 atom stereocenters. The van der Waals surface area contributed by atoms with E-state index in [1.54, 1.807) is 0 Å². The van der Waals surface area contributed by atoms with Gasteiger partial charge < -0.3 is 14.6 Å². The molecule has 0 bridgehead atoms. The monoisotopic (exact) mass is 232 g/mol. The standard InChI is InChI=1S/C14H20N2O/c1-5-15-14-10(3)12-9-11(17-6-2)7-8-13(12)16(14)4/h7-9,15H,5-6H2,1-4H3. The molecule has 2 aromatic rings. The molecule has 2 rings (SSSR count). The predicted molar refractivity (Wildman–Crippen MR) is 73.0 cm³/mol. The van der Waals surface area contributed by atoms with Crippen molar-refractivity contribution in [2.45, 2.75) is 20.8 Å². The van der Waals surface area contributed by atoms with E-state index in [0.29, 0.717) is 6.61 Å². The second-order valence-electron chi connectivity index (χ2n) is 4.17. The number of nitrogens with zero attached hydrogens (tertiary/aromatic N) is 1. The summed E-state index contributed by atoms with van der Waals surface area (Å²) in [5.41, 5.74) is 2.52. The first-order valence-corrected chi connectivity index (χ1v) is 6.14. The Bertz CT molecular complexity index is 528. The maximum Gasteiger partial charge on any atom is 0.120 e. The summed E-state index contributed by atoms with van der Waals surface area (Å²) in [5, 5.41) is 4.67. The van der Waals surface area contributed by atoms with Crippen molar-refractivity contribution in [3.63, 3.8) is 0 Å². The number of ether oxygens (including phenoxy) is 1. The lowest BCUT2D eigenvalue weighted by Crippen LogP contribution is -2.03. The maximum absolute atomic E-state index is 5.55. The molecule has 0 aliphatic rings. The van der Waals surface area contributed by atoms with E-state index in [0.717, 1.165) is 12.3 Å². The fourth-order valence-electron chi connectivity index (χ4n) is 2.28. The van der Waals surface area contributed by atoms with Crippen molar-refractivity contribution in [1.82, 2.24) is 4.57 Å². The lowest BCUT2D eigenvalue weighted by atomic mass is 10.2. The van der Waals surface area contributed by atoms with Crippen molar-refractivity contribution in [3.05, 3.63) is 23.8 Å². The van der Waals surface area contributed by atoms with Gasteiger partial charge in [-0.15, -0.1) is 0 Å². The summed E-state index contributed by atoms with van der Waals surface area (Å²) in [6.45, 7) is 7.91.